The highest BCUT2D eigenvalue weighted by Crippen LogP contribution is 2.58. The van der Waals surface area contributed by atoms with Gasteiger partial charge in [0.05, 0.1) is 12.5 Å². The number of rotatable bonds is 8. The molecule has 0 spiro atoms. The van der Waals surface area contributed by atoms with Gasteiger partial charge in [0.15, 0.2) is 0 Å². The second-order valence-electron chi connectivity index (χ2n) is 10.5. The van der Waals surface area contributed by atoms with E-state index in [0.717, 1.165) is 44.1 Å². The Balaban J connectivity index is 1.59. The van der Waals surface area contributed by atoms with Crippen LogP contribution in [0.2, 0.25) is 0 Å². The Kier molecular flexibility index (Phi) is 8.57. The molecule has 0 saturated heterocycles. The Hall–Kier alpha value is -2.62. The van der Waals surface area contributed by atoms with Crippen molar-refractivity contribution in [3.05, 3.63) is 65.3 Å². The first kappa shape index (κ1) is 26.0. The number of carbonyl (C=O) groups excluding carboxylic acids is 2. The van der Waals surface area contributed by atoms with Crippen LogP contribution in [0.5, 0.6) is 0 Å². The number of hydrogen-bond acceptors (Lipinski definition) is 4. The Morgan fingerprint density at radius 3 is 2.59 bits per heavy atom. The van der Waals surface area contributed by atoms with E-state index in [2.05, 4.69) is 33.8 Å². The fourth-order valence-electron chi connectivity index (χ4n) is 5.78. The first-order valence-electron chi connectivity index (χ1n) is 12.5. The average molecular weight is 465 g/mol. The molecule has 1 aromatic carbocycles. The molecule has 0 unspecified atom stereocenters. The maximum atomic E-state index is 12.7. The van der Waals surface area contributed by atoms with E-state index in [4.69, 9.17) is 9.47 Å². The van der Waals surface area contributed by atoms with Crippen LogP contribution in [0.3, 0.4) is 0 Å². The van der Waals surface area contributed by atoms with Gasteiger partial charge >= 0.3 is 11.9 Å². The molecule has 1 saturated carbocycles. The molecule has 0 aliphatic heterocycles. The summed E-state index contributed by atoms with van der Waals surface area (Å²) in [5, 5.41) is 0. The Morgan fingerprint density at radius 1 is 1.15 bits per heavy atom. The quantitative estimate of drug-likeness (QED) is 0.238. The van der Waals surface area contributed by atoms with E-state index in [-0.39, 0.29) is 29.9 Å². The lowest BCUT2D eigenvalue weighted by Gasteiger charge is -2.53. The van der Waals surface area contributed by atoms with Crippen molar-refractivity contribution < 1.29 is 19.1 Å². The Bertz CT molecular complexity index is 957. The van der Waals surface area contributed by atoms with Crippen LogP contribution in [0.15, 0.2) is 59.7 Å². The Labute approximate surface area is 205 Å². The summed E-state index contributed by atoms with van der Waals surface area (Å²) in [7, 11) is 1.51. The van der Waals surface area contributed by atoms with Crippen LogP contribution in [-0.2, 0) is 19.1 Å². The van der Waals surface area contributed by atoms with Gasteiger partial charge in [-0.05, 0) is 87.3 Å². The number of methoxy groups -OCH3 is 1. The first-order valence-corrected chi connectivity index (χ1v) is 12.5. The minimum atomic E-state index is -0.424. The largest absolute Gasteiger partial charge is 0.469 e. The van der Waals surface area contributed by atoms with Crippen LogP contribution < -0.4 is 0 Å². The SMILES string of the molecule is COC(=O)[C@@]1(C)CCC=C2[C@@H]1CC[C@@H](C)[C@]2(C)CC/C(C)=C/COC(=O)/C=C\c1ccccc1. The number of allylic oxidation sites excluding steroid dienone is 3. The molecule has 34 heavy (non-hydrogen) atoms. The van der Waals surface area contributed by atoms with Gasteiger partial charge in [-0.3, -0.25) is 4.79 Å². The van der Waals surface area contributed by atoms with Gasteiger partial charge in [0.1, 0.15) is 6.61 Å². The van der Waals surface area contributed by atoms with Crippen molar-refractivity contribution in [2.45, 2.75) is 66.2 Å². The van der Waals surface area contributed by atoms with Crippen molar-refractivity contribution >= 4 is 18.0 Å². The maximum absolute atomic E-state index is 12.7. The molecular weight excluding hydrogens is 424 g/mol. The van der Waals surface area contributed by atoms with Gasteiger partial charge in [-0.1, -0.05) is 61.4 Å². The average Bonchev–Trinajstić information content (AvgIpc) is 2.84. The highest BCUT2D eigenvalue weighted by Gasteiger charge is 2.52. The molecule has 4 nitrogen and oxygen atoms in total. The number of benzene rings is 1. The molecule has 184 valence electrons. The zero-order valence-corrected chi connectivity index (χ0v) is 21.4. The van der Waals surface area contributed by atoms with Gasteiger partial charge in [-0.15, -0.1) is 0 Å². The second kappa shape index (κ2) is 11.2. The highest BCUT2D eigenvalue weighted by atomic mass is 16.5. The molecule has 0 radical (unpaired) electrons. The van der Waals surface area contributed by atoms with Crippen molar-refractivity contribution in [2.75, 3.05) is 13.7 Å². The summed E-state index contributed by atoms with van der Waals surface area (Å²) in [6.07, 6.45) is 13.6. The summed E-state index contributed by atoms with van der Waals surface area (Å²) in [4.78, 5) is 24.7. The third-order valence-electron chi connectivity index (χ3n) is 8.37. The van der Waals surface area contributed by atoms with E-state index < -0.39 is 5.41 Å². The minimum Gasteiger partial charge on any atom is -0.469 e. The standard InChI is InChI=1S/C30H40O4/c1-22(18-21-34-27(31)16-14-24-10-7-6-8-11-24)17-20-29(3)23(2)13-15-26-25(29)12-9-19-30(26,4)28(32)33-5/h6-8,10-12,14,16,18,23,26H,9,13,15,17,19-21H2,1-5H3/b16-14-,22-18+/t23-,26+,29+,30+/m1/s1. The summed E-state index contributed by atoms with van der Waals surface area (Å²) in [6.45, 7) is 9.21. The molecule has 0 aromatic heterocycles. The third kappa shape index (κ3) is 5.71. The van der Waals surface area contributed by atoms with Gasteiger partial charge in [0, 0.05) is 6.08 Å². The van der Waals surface area contributed by atoms with E-state index in [9.17, 15) is 9.59 Å². The molecule has 1 aromatic rings. The monoisotopic (exact) mass is 464 g/mol. The van der Waals surface area contributed by atoms with E-state index >= 15 is 0 Å². The van der Waals surface area contributed by atoms with E-state index in [1.54, 1.807) is 6.08 Å². The lowest BCUT2D eigenvalue weighted by molar-refractivity contribution is -0.156. The molecule has 4 heteroatoms. The zero-order chi connectivity index (χ0) is 24.8. The van der Waals surface area contributed by atoms with Crippen molar-refractivity contribution in [3.63, 3.8) is 0 Å². The van der Waals surface area contributed by atoms with Crippen molar-refractivity contribution in [1.29, 1.82) is 0 Å². The van der Waals surface area contributed by atoms with Gasteiger partial charge in [0.2, 0.25) is 0 Å². The Morgan fingerprint density at radius 2 is 1.88 bits per heavy atom. The van der Waals surface area contributed by atoms with Crippen LogP contribution in [0.1, 0.15) is 71.8 Å². The molecule has 0 bridgehead atoms. The number of esters is 2. The minimum absolute atomic E-state index is 0.0583. The number of carbonyl (C=O) groups is 2. The molecular formula is C30H40O4. The number of hydrogen-bond donors (Lipinski definition) is 0. The summed E-state index contributed by atoms with van der Waals surface area (Å²) in [5.74, 6) is 0.414. The highest BCUT2D eigenvalue weighted by molar-refractivity contribution is 5.87. The molecule has 0 N–H and O–H groups in total. The smallest absolute Gasteiger partial charge is 0.331 e. The molecule has 0 amide bonds. The predicted octanol–water partition coefficient (Wildman–Crippen LogP) is 6.92. The molecule has 1 fully saturated rings. The van der Waals surface area contributed by atoms with Crippen molar-refractivity contribution in [3.8, 4) is 0 Å². The summed E-state index contributed by atoms with van der Waals surface area (Å²) in [6, 6.07) is 9.71. The lowest BCUT2D eigenvalue weighted by atomic mass is 9.51. The fourth-order valence-corrected chi connectivity index (χ4v) is 5.78. The summed E-state index contributed by atoms with van der Waals surface area (Å²) >= 11 is 0. The van der Waals surface area contributed by atoms with Crippen molar-refractivity contribution in [2.24, 2.45) is 22.7 Å². The van der Waals surface area contributed by atoms with Crippen LogP contribution >= 0.6 is 0 Å². The molecule has 0 heterocycles. The lowest BCUT2D eigenvalue weighted by Crippen LogP contribution is -2.47. The van der Waals surface area contributed by atoms with Crippen LogP contribution in [-0.4, -0.2) is 25.7 Å². The maximum Gasteiger partial charge on any atom is 0.331 e. The van der Waals surface area contributed by atoms with E-state index in [1.807, 2.05) is 36.4 Å². The molecule has 2 aliphatic carbocycles. The fraction of sp³-hybridized carbons (Fsp3) is 0.533. The number of fused-ring (bicyclic) bond motifs is 1. The predicted molar refractivity (Wildman–Crippen MR) is 137 cm³/mol. The van der Waals surface area contributed by atoms with Gasteiger partial charge in [-0.25, -0.2) is 4.79 Å². The van der Waals surface area contributed by atoms with E-state index in [0.29, 0.717) is 5.92 Å². The first-order chi connectivity index (χ1) is 16.2. The molecule has 2 aliphatic rings. The molecule has 4 atom stereocenters. The van der Waals surface area contributed by atoms with Crippen LogP contribution in [0.4, 0.5) is 0 Å². The topological polar surface area (TPSA) is 52.6 Å². The van der Waals surface area contributed by atoms with Gasteiger partial charge in [-0.2, -0.15) is 0 Å². The molecule has 3 rings (SSSR count). The third-order valence-corrected chi connectivity index (χ3v) is 8.37. The number of ether oxygens (including phenoxy) is 2. The van der Waals surface area contributed by atoms with Crippen molar-refractivity contribution in [1.82, 2.24) is 0 Å². The second-order valence-corrected chi connectivity index (χ2v) is 10.5. The summed E-state index contributed by atoms with van der Waals surface area (Å²) < 4.78 is 10.6. The van der Waals surface area contributed by atoms with Crippen LogP contribution in [0, 0.1) is 22.7 Å². The summed E-state index contributed by atoms with van der Waals surface area (Å²) in [5.41, 5.74) is 3.29. The van der Waals surface area contributed by atoms with E-state index in [1.165, 1.54) is 24.3 Å². The normalized spacial score (nSPS) is 29.3. The van der Waals surface area contributed by atoms with Gasteiger partial charge in [0.25, 0.3) is 0 Å². The zero-order valence-electron chi connectivity index (χ0n) is 21.4. The van der Waals surface area contributed by atoms with Crippen LogP contribution in [0.25, 0.3) is 6.08 Å². The van der Waals surface area contributed by atoms with Gasteiger partial charge < -0.3 is 9.47 Å².